The highest BCUT2D eigenvalue weighted by molar-refractivity contribution is 6.29. The van der Waals surface area contributed by atoms with Gasteiger partial charge in [-0.2, -0.15) is 0 Å². The maximum absolute atomic E-state index is 6.04. The minimum atomic E-state index is 0.446. The second-order valence-corrected chi connectivity index (χ2v) is 4.88. The van der Waals surface area contributed by atoms with E-state index in [1.807, 2.05) is 44.4 Å². The molecular weight excluding hydrogens is 260 g/mol. The summed E-state index contributed by atoms with van der Waals surface area (Å²) in [5, 5.41) is 3.70. The lowest BCUT2D eigenvalue weighted by Gasteiger charge is -2.11. The molecule has 2 rings (SSSR count). The van der Waals surface area contributed by atoms with Crippen LogP contribution in [0.2, 0.25) is 5.15 Å². The molecular formula is C14H17ClN4. The molecule has 0 bridgehead atoms. The molecule has 0 radical (unpaired) electrons. The van der Waals surface area contributed by atoms with Gasteiger partial charge in [0.25, 0.3) is 0 Å². The number of rotatable bonds is 5. The third-order valence-corrected chi connectivity index (χ3v) is 2.79. The van der Waals surface area contributed by atoms with E-state index >= 15 is 0 Å². The van der Waals surface area contributed by atoms with Gasteiger partial charge in [-0.1, -0.05) is 41.9 Å². The summed E-state index contributed by atoms with van der Waals surface area (Å²) in [7, 11) is 4.06. The van der Waals surface area contributed by atoms with E-state index in [0.717, 1.165) is 24.5 Å². The van der Waals surface area contributed by atoms with Crippen molar-refractivity contribution in [3.63, 3.8) is 0 Å². The number of benzene rings is 1. The largest absolute Gasteiger partial charge is 0.369 e. The molecule has 0 saturated heterocycles. The average Bonchev–Trinajstić information content (AvgIpc) is 2.39. The van der Waals surface area contributed by atoms with Crippen LogP contribution in [0.25, 0.3) is 11.4 Å². The molecule has 0 spiro atoms. The zero-order valence-electron chi connectivity index (χ0n) is 11.1. The molecule has 0 atom stereocenters. The summed E-state index contributed by atoms with van der Waals surface area (Å²) in [5.41, 5.74) is 0.959. The molecule has 5 heteroatoms. The normalized spacial score (nSPS) is 10.7. The van der Waals surface area contributed by atoms with E-state index in [-0.39, 0.29) is 0 Å². The van der Waals surface area contributed by atoms with Crippen molar-refractivity contribution in [2.24, 2.45) is 0 Å². The van der Waals surface area contributed by atoms with Crippen molar-refractivity contribution >= 4 is 17.4 Å². The van der Waals surface area contributed by atoms with Gasteiger partial charge in [-0.05, 0) is 14.1 Å². The van der Waals surface area contributed by atoms with E-state index in [9.17, 15) is 0 Å². The molecule has 0 saturated carbocycles. The first kappa shape index (κ1) is 13.8. The van der Waals surface area contributed by atoms with Gasteiger partial charge >= 0.3 is 0 Å². The molecule has 0 unspecified atom stereocenters. The smallest absolute Gasteiger partial charge is 0.163 e. The molecule has 1 aromatic carbocycles. The Balaban J connectivity index is 2.16. The van der Waals surface area contributed by atoms with Crippen LogP contribution < -0.4 is 5.32 Å². The number of nitrogens with zero attached hydrogens (tertiary/aromatic N) is 3. The highest BCUT2D eigenvalue weighted by Gasteiger charge is 2.05. The Morgan fingerprint density at radius 2 is 1.89 bits per heavy atom. The van der Waals surface area contributed by atoms with E-state index in [1.54, 1.807) is 6.07 Å². The zero-order chi connectivity index (χ0) is 13.7. The fourth-order valence-electron chi connectivity index (χ4n) is 1.63. The summed E-state index contributed by atoms with van der Waals surface area (Å²) in [5.74, 6) is 1.39. The minimum Gasteiger partial charge on any atom is -0.369 e. The molecule has 1 N–H and O–H groups in total. The van der Waals surface area contributed by atoms with Crippen LogP contribution in [0, 0.1) is 0 Å². The number of hydrogen-bond donors (Lipinski definition) is 1. The van der Waals surface area contributed by atoms with Crippen LogP contribution in [0.3, 0.4) is 0 Å². The van der Waals surface area contributed by atoms with Gasteiger partial charge in [-0.15, -0.1) is 0 Å². The second kappa shape index (κ2) is 6.50. The molecule has 0 aliphatic carbocycles. The molecule has 0 aliphatic rings. The van der Waals surface area contributed by atoms with Crippen molar-refractivity contribution in [3.8, 4) is 11.4 Å². The number of likely N-dealkylation sites (N-methyl/N-ethyl adjacent to an activating group) is 1. The number of halogens is 1. The highest BCUT2D eigenvalue weighted by Crippen LogP contribution is 2.19. The Kier molecular flexibility index (Phi) is 4.71. The quantitative estimate of drug-likeness (QED) is 0.853. The number of anilines is 1. The molecule has 1 heterocycles. The predicted molar refractivity (Wildman–Crippen MR) is 79.5 cm³/mol. The number of aromatic nitrogens is 2. The van der Waals surface area contributed by atoms with Crippen LogP contribution in [-0.2, 0) is 0 Å². The first-order chi connectivity index (χ1) is 9.15. The van der Waals surface area contributed by atoms with E-state index in [2.05, 4.69) is 20.2 Å². The molecule has 1 aromatic heterocycles. The second-order valence-electron chi connectivity index (χ2n) is 4.50. The fourth-order valence-corrected chi connectivity index (χ4v) is 1.82. The van der Waals surface area contributed by atoms with Crippen molar-refractivity contribution in [2.45, 2.75) is 0 Å². The van der Waals surface area contributed by atoms with Gasteiger partial charge in [0.2, 0.25) is 0 Å². The highest BCUT2D eigenvalue weighted by atomic mass is 35.5. The van der Waals surface area contributed by atoms with Crippen molar-refractivity contribution in [3.05, 3.63) is 41.6 Å². The van der Waals surface area contributed by atoms with E-state index < -0.39 is 0 Å². The predicted octanol–water partition coefficient (Wildman–Crippen LogP) is 2.77. The Morgan fingerprint density at radius 1 is 1.16 bits per heavy atom. The summed E-state index contributed by atoms with van der Waals surface area (Å²) in [4.78, 5) is 10.8. The first-order valence-electron chi connectivity index (χ1n) is 6.14. The van der Waals surface area contributed by atoms with Crippen LogP contribution in [0.5, 0.6) is 0 Å². The van der Waals surface area contributed by atoms with Crippen molar-refractivity contribution < 1.29 is 0 Å². The van der Waals surface area contributed by atoms with Crippen LogP contribution in [0.4, 0.5) is 5.82 Å². The van der Waals surface area contributed by atoms with Gasteiger partial charge in [0.15, 0.2) is 5.82 Å². The number of hydrogen-bond acceptors (Lipinski definition) is 4. The van der Waals surface area contributed by atoms with Gasteiger partial charge in [0.05, 0.1) is 0 Å². The van der Waals surface area contributed by atoms with Gasteiger partial charge in [0, 0.05) is 24.7 Å². The molecule has 0 fully saturated rings. The van der Waals surface area contributed by atoms with Gasteiger partial charge in [0.1, 0.15) is 11.0 Å². The molecule has 2 aromatic rings. The summed E-state index contributed by atoms with van der Waals surface area (Å²) in [6.45, 7) is 1.75. The first-order valence-corrected chi connectivity index (χ1v) is 6.51. The molecule has 0 aliphatic heterocycles. The Hall–Kier alpha value is -1.65. The molecule has 19 heavy (non-hydrogen) atoms. The standard InChI is InChI=1S/C14H17ClN4/c1-19(2)9-8-16-13-10-12(15)17-14(18-13)11-6-4-3-5-7-11/h3-7,10H,8-9H2,1-2H3,(H,16,17,18). The van der Waals surface area contributed by atoms with Crippen LogP contribution >= 0.6 is 11.6 Å². The lowest BCUT2D eigenvalue weighted by molar-refractivity contribution is 0.425. The van der Waals surface area contributed by atoms with Crippen molar-refractivity contribution in [2.75, 3.05) is 32.5 Å². The van der Waals surface area contributed by atoms with Crippen molar-refractivity contribution in [1.82, 2.24) is 14.9 Å². The summed E-state index contributed by atoms with van der Waals surface area (Å²) in [6.07, 6.45) is 0. The lowest BCUT2D eigenvalue weighted by Crippen LogP contribution is -2.21. The topological polar surface area (TPSA) is 41.0 Å². The zero-order valence-corrected chi connectivity index (χ0v) is 11.9. The van der Waals surface area contributed by atoms with Gasteiger partial charge < -0.3 is 10.2 Å². The maximum atomic E-state index is 6.04. The van der Waals surface area contributed by atoms with Gasteiger partial charge in [-0.25, -0.2) is 9.97 Å². The SMILES string of the molecule is CN(C)CCNc1cc(Cl)nc(-c2ccccc2)n1. The third-order valence-electron chi connectivity index (χ3n) is 2.59. The Labute approximate surface area is 118 Å². The maximum Gasteiger partial charge on any atom is 0.163 e. The van der Waals surface area contributed by atoms with E-state index in [0.29, 0.717) is 11.0 Å². The van der Waals surface area contributed by atoms with Crippen LogP contribution in [-0.4, -0.2) is 42.1 Å². The van der Waals surface area contributed by atoms with Gasteiger partial charge in [-0.3, -0.25) is 0 Å². The fraction of sp³-hybridized carbons (Fsp3) is 0.286. The summed E-state index contributed by atoms with van der Waals surface area (Å²) >= 11 is 6.04. The minimum absolute atomic E-state index is 0.446. The molecule has 0 amide bonds. The monoisotopic (exact) mass is 276 g/mol. The van der Waals surface area contributed by atoms with Crippen LogP contribution in [0.15, 0.2) is 36.4 Å². The van der Waals surface area contributed by atoms with E-state index in [4.69, 9.17) is 11.6 Å². The number of nitrogens with one attached hydrogen (secondary N) is 1. The Morgan fingerprint density at radius 3 is 2.58 bits per heavy atom. The molecule has 4 nitrogen and oxygen atoms in total. The Bertz CT molecular complexity index is 528. The molecule has 100 valence electrons. The average molecular weight is 277 g/mol. The van der Waals surface area contributed by atoms with Crippen molar-refractivity contribution in [1.29, 1.82) is 0 Å². The summed E-state index contributed by atoms with van der Waals surface area (Å²) in [6, 6.07) is 11.6. The third kappa shape index (κ3) is 4.19. The lowest BCUT2D eigenvalue weighted by atomic mass is 10.2. The van der Waals surface area contributed by atoms with Crippen LogP contribution in [0.1, 0.15) is 0 Å². The van der Waals surface area contributed by atoms with E-state index in [1.165, 1.54) is 0 Å². The summed E-state index contributed by atoms with van der Waals surface area (Å²) < 4.78 is 0.